The first-order chi connectivity index (χ1) is 18.4. The van der Waals surface area contributed by atoms with Crippen molar-refractivity contribution in [3.63, 3.8) is 0 Å². The number of halogens is 2. The number of ether oxygens (including phenoxy) is 1. The monoisotopic (exact) mass is 517 g/mol. The number of nitrogens with zero attached hydrogens (tertiary/aromatic N) is 5. The van der Waals surface area contributed by atoms with E-state index in [1.165, 1.54) is 34.7 Å². The van der Waals surface area contributed by atoms with Crippen LogP contribution < -0.4 is 14.5 Å². The summed E-state index contributed by atoms with van der Waals surface area (Å²) in [6.45, 7) is 9.37. The maximum absolute atomic E-state index is 15.0. The quantitative estimate of drug-likeness (QED) is 0.477. The highest BCUT2D eigenvalue weighted by molar-refractivity contribution is 5.73. The van der Waals surface area contributed by atoms with Gasteiger partial charge in [-0.05, 0) is 62.7 Å². The van der Waals surface area contributed by atoms with E-state index < -0.39 is 11.6 Å². The number of hydrogen-bond donors (Lipinski definition) is 0. The molecule has 0 bridgehead atoms. The zero-order chi connectivity index (χ0) is 26.4. The molecule has 1 aromatic heterocycles. The summed E-state index contributed by atoms with van der Waals surface area (Å²) < 4.78 is 35.5. The first kappa shape index (κ1) is 24.8. The van der Waals surface area contributed by atoms with Crippen molar-refractivity contribution in [2.75, 3.05) is 56.2 Å². The lowest BCUT2D eigenvalue weighted by Gasteiger charge is -2.34. The lowest BCUT2D eigenvalue weighted by molar-refractivity contribution is 0.287. The molecule has 0 radical (unpaired) electrons. The highest BCUT2D eigenvalue weighted by atomic mass is 19.1. The number of hydrogen-bond acceptors (Lipinski definition) is 6. The van der Waals surface area contributed by atoms with Gasteiger partial charge in [0.25, 0.3) is 0 Å². The largest absolute Gasteiger partial charge is 0.486 e. The molecule has 3 aliphatic rings. The Labute approximate surface area is 222 Å². The second-order valence-electron chi connectivity index (χ2n) is 10.8. The van der Waals surface area contributed by atoms with Crippen molar-refractivity contribution in [1.82, 2.24) is 14.9 Å². The number of anilines is 2. The first-order valence-corrected chi connectivity index (χ1v) is 13.4. The molecule has 2 aromatic carbocycles. The molecular formula is C30H33F2N5O. The fourth-order valence-corrected chi connectivity index (χ4v) is 5.65. The Kier molecular flexibility index (Phi) is 6.51. The number of fused-ring (bicyclic) bond motifs is 2. The lowest BCUT2D eigenvalue weighted by atomic mass is 10.1. The Morgan fingerprint density at radius 1 is 1.00 bits per heavy atom. The maximum atomic E-state index is 15.0. The molecule has 0 unspecified atom stereocenters. The average molecular weight is 518 g/mol. The molecule has 6 nitrogen and oxygen atoms in total. The van der Waals surface area contributed by atoms with Gasteiger partial charge in [0, 0.05) is 49.9 Å². The van der Waals surface area contributed by atoms with Gasteiger partial charge in [-0.25, -0.2) is 18.7 Å². The lowest BCUT2D eigenvalue weighted by Crippen LogP contribution is -2.44. The molecule has 198 valence electrons. The van der Waals surface area contributed by atoms with Crippen molar-refractivity contribution in [3.8, 4) is 17.0 Å². The number of piperazine rings is 1. The van der Waals surface area contributed by atoms with E-state index in [-0.39, 0.29) is 17.5 Å². The zero-order valence-electron chi connectivity index (χ0n) is 22.2. The molecule has 0 N–H and O–H groups in total. The second kappa shape index (κ2) is 9.98. The minimum absolute atomic E-state index is 0.111. The van der Waals surface area contributed by atoms with Gasteiger partial charge < -0.3 is 19.4 Å². The van der Waals surface area contributed by atoms with Gasteiger partial charge in [0.1, 0.15) is 18.1 Å². The Morgan fingerprint density at radius 2 is 1.82 bits per heavy atom. The standard InChI is InChI=1S/C30H33F2N5O/c1-19(2)37-10-11-38-30-25(31)16-23(17-27(30)37)29-26(32)18-33-28(34-29)14-20-12-21-4-5-24(15-22(21)13-20)36-8-6-35(3)7-9-36/h4-5,12,15-19H,6-11,13-14H2,1-3H3. The van der Waals surface area contributed by atoms with Crippen LogP contribution in [0.25, 0.3) is 17.3 Å². The summed E-state index contributed by atoms with van der Waals surface area (Å²) in [5.74, 6) is -0.336. The van der Waals surface area contributed by atoms with Crippen LogP contribution in [-0.2, 0) is 12.8 Å². The van der Waals surface area contributed by atoms with E-state index >= 15 is 4.39 Å². The van der Waals surface area contributed by atoms with Crippen molar-refractivity contribution in [2.45, 2.75) is 32.7 Å². The number of aromatic nitrogens is 2. The number of likely N-dealkylation sites (N-methyl/N-ethyl adjacent to an activating group) is 1. The molecule has 0 saturated carbocycles. The predicted molar refractivity (Wildman–Crippen MR) is 147 cm³/mol. The Bertz CT molecular complexity index is 1400. The molecule has 3 heterocycles. The van der Waals surface area contributed by atoms with Gasteiger partial charge in [-0.1, -0.05) is 17.7 Å². The molecule has 0 atom stereocenters. The minimum atomic E-state index is -0.568. The molecule has 1 aliphatic carbocycles. The third-order valence-electron chi connectivity index (χ3n) is 7.76. The summed E-state index contributed by atoms with van der Waals surface area (Å²) in [6, 6.07) is 9.92. The third-order valence-corrected chi connectivity index (χ3v) is 7.76. The van der Waals surface area contributed by atoms with E-state index in [0.29, 0.717) is 36.6 Å². The molecule has 0 spiro atoms. The van der Waals surface area contributed by atoms with Crippen LogP contribution in [0.1, 0.15) is 30.8 Å². The van der Waals surface area contributed by atoms with Crippen LogP contribution in [0.2, 0.25) is 0 Å². The topological polar surface area (TPSA) is 44.7 Å². The minimum Gasteiger partial charge on any atom is -0.486 e. The van der Waals surface area contributed by atoms with Gasteiger partial charge in [0.05, 0.1) is 18.4 Å². The summed E-state index contributed by atoms with van der Waals surface area (Å²) in [5.41, 5.74) is 6.09. The molecule has 3 aromatic rings. The van der Waals surface area contributed by atoms with E-state index in [1.54, 1.807) is 6.07 Å². The van der Waals surface area contributed by atoms with Gasteiger partial charge in [-0.3, -0.25) is 0 Å². The number of rotatable bonds is 5. The summed E-state index contributed by atoms with van der Waals surface area (Å²) in [5, 5.41) is 0. The fraction of sp³-hybridized carbons (Fsp3) is 0.400. The first-order valence-electron chi connectivity index (χ1n) is 13.4. The predicted octanol–water partition coefficient (Wildman–Crippen LogP) is 4.96. The smallest absolute Gasteiger partial charge is 0.178 e. The molecule has 38 heavy (non-hydrogen) atoms. The maximum Gasteiger partial charge on any atom is 0.178 e. The van der Waals surface area contributed by atoms with Crippen LogP contribution in [0, 0.1) is 11.6 Å². The van der Waals surface area contributed by atoms with Crippen LogP contribution in [0.4, 0.5) is 20.2 Å². The third kappa shape index (κ3) is 4.73. The summed E-state index contributed by atoms with van der Waals surface area (Å²) >= 11 is 0. The Hall–Kier alpha value is -3.52. The molecule has 6 rings (SSSR count). The number of benzene rings is 2. The van der Waals surface area contributed by atoms with Crippen LogP contribution in [0.5, 0.6) is 5.75 Å². The molecule has 8 heteroatoms. The summed E-state index contributed by atoms with van der Waals surface area (Å²) in [4.78, 5) is 15.7. The van der Waals surface area contributed by atoms with E-state index in [0.717, 1.165) is 32.6 Å². The van der Waals surface area contributed by atoms with Crippen LogP contribution in [0.15, 0.2) is 42.1 Å². The highest BCUT2D eigenvalue weighted by Crippen LogP contribution is 2.39. The highest BCUT2D eigenvalue weighted by Gasteiger charge is 2.26. The van der Waals surface area contributed by atoms with E-state index in [4.69, 9.17) is 4.74 Å². The fourth-order valence-electron chi connectivity index (χ4n) is 5.65. The van der Waals surface area contributed by atoms with E-state index in [9.17, 15) is 4.39 Å². The summed E-state index contributed by atoms with van der Waals surface area (Å²) in [7, 11) is 2.16. The van der Waals surface area contributed by atoms with Crippen LogP contribution >= 0.6 is 0 Å². The van der Waals surface area contributed by atoms with Gasteiger partial charge in [0.2, 0.25) is 0 Å². The Balaban J connectivity index is 1.23. The van der Waals surface area contributed by atoms with E-state index in [1.807, 2.05) is 13.8 Å². The molecule has 1 fully saturated rings. The van der Waals surface area contributed by atoms with Crippen molar-refractivity contribution < 1.29 is 13.5 Å². The van der Waals surface area contributed by atoms with Crippen LogP contribution in [-0.4, -0.2) is 67.3 Å². The summed E-state index contributed by atoms with van der Waals surface area (Å²) in [6.07, 6.45) is 4.72. The Morgan fingerprint density at radius 3 is 2.61 bits per heavy atom. The van der Waals surface area contributed by atoms with Gasteiger partial charge in [0.15, 0.2) is 17.4 Å². The van der Waals surface area contributed by atoms with Crippen LogP contribution in [0.3, 0.4) is 0 Å². The van der Waals surface area contributed by atoms with Crippen molar-refractivity contribution in [3.05, 3.63) is 70.7 Å². The van der Waals surface area contributed by atoms with Crippen molar-refractivity contribution in [2.24, 2.45) is 0 Å². The average Bonchev–Trinajstić information content (AvgIpc) is 3.31. The zero-order valence-corrected chi connectivity index (χ0v) is 22.2. The molecular weight excluding hydrogens is 484 g/mol. The van der Waals surface area contributed by atoms with Gasteiger partial charge in [-0.2, -0.15) is 0 Å². The number of allylic oxidation sites excluding steroid dienone is 1. The normalized spacial score (nSPS) is 17.4. The molecule has 2 aliphatic heterocycles. The van der Waals surface area contributed by atoms with Crippen molar-refractivity contribution >= 4 is 17.5 Å². The van der Waals surface area contributed by atoms with E-state index in [2.05, 4.69) is 56.0 Å². The van der Waals surface area contributed by atoms with Gasteiger partial charge in [-0.15, -0.1) is 0 Å². The van der Waals surface area contributed by atoms with Gasteiger partial charge >= 0.3 is 0 Å². The second-order valence-corrected chi connectivity index (χ2v) is 10.8. The molecule has 1 saturated heterocycles. The molecule has 0 amide bonds. The SMILES string of the molecule is CC(C)N1CCOc2c(F)cc(-c3nc(CC4=Cc5ccc(N6CCN(C)CC6)cc5C4)ncc3F)cc21. The van der Waals surface area contributed by atoms with Crippen molar-refractivity contribution in [1.29, 1.82) is 0 Å².